The second-order valence-corrected chi connectivity index (χ2v) is 5.16. The second kappa shape index (κ2) is 5.44. The van der Waals surface area contributed by atoms with Crippen LogP contribution in [0.15, 0.2) is 33.7 Å². The predicted molar refractivity (Wildman–Crippen MR) is 73.7 cm³/mol. The lowest BCUT2D eigenvalue weighted by Gasteiger charge is -2.09. The van der Waals surface area contributed by atoms with Crippen molar-refractivity contribution in [2.75, 3.05) is 0 Å². The Morgan fingerprint density at radius 3 is 2.78 bits per heavy atom. The summed E-state index contributed by atoms with van der Waals surface area (Å²) < 4.78 is 0.516. The number of pyridine rings is 1. The predicted octanol–water partition coefficient (Wildman–Crippen LogP) is 2.64. The Morgan fingerprint density at radius 2 is 2.17 bits per heavy atom. The molecule has 0 aliphatic rings. The summed E-state index contributed by atoms with van der Waals surface area (Å²) in [5.74, 6) is 0.842. The molecule has 0 saturated carbocycles. The van der Waals surface area contributed by atoms with Crippen LogP contribution in [0.5, 0.6) is 0 Å². The largest absolute Gasteiger partial charge is 0.309 e. The summed E-state index contributed by atoms with van der Waals surface area (Å²) >= 11 is 3.28. The van der Waals surface area contributed by atoms with Crippen molar-refractivity contribution in [1.29, 1.82) is 0 Å². The van der Waals surface area contributed by atoms with Crippen LogP contribution in [-0.2, 0) is 6.42 Å². The monoisotopic (exact) mass is 307 g/mol. The standard InChI is InChI=1S/C13H14BrN3O/c1-8(2)12-11(14)13(18)17-10(16-12)7-9-5-3-4-6-15-9/h3-6,8H,7H2,1-2H3,(H,16,17,18). The molecule has 0 unspecified atom stereocenters. The van der Waals surface area contributed by atoms with Gasteiger partial charge in [-0.3, -0.25) is 9.78 Å². The highest BCUT2D eigenvalue weighted by Gasteiger charge is 2.12. The Hall–Kier alpha value is -1.49. The van der Waals surface area contributed by atoms with Gasteiger partial charge in [0.1, 0.15) is 10.3 Å². The third-order valence-electron chi connectivity index (χ3n) is 2.56. The van der Waals surface area contributed by atoms with Gasteiger partial charge in [0.2, 0.25) is 0 Å². The minimum Gasteiger partial charge on any atom is -0.309 e. The minimum atomic E-state index is -0.139. The number of H-pyrrole nitrogens is 1. The van der Waals surface area contributed by atoms with Crippen LogP contribution in [-0.4, -0.2) is 15.0 Å². The van der Waals surface area contributed by atoms with Crippen LogP contribution < -0.4 is 5.56 Å². The first-order valence-electron chi connectivity index (χ1n) is 5.76. The molecule has 94 valence electrons. The summed E-state index contributed by atoms with van der Waals surface area (Å²) in [6, 6.07) is 5.69. The zero-order chi connectivity index (χ0) is 13.1. The van der Waals surface area contributed by atoms with Gasteiger partial charge in [-0.25, -0.2) is 4.98 Å². The van der Waals surface area contributed by atoms with Crippen LogP contribution >= 0.6 is 15.9 Å². The van der Waals surface area contributed by atoms with Crippen LogP contribution in [0.25, 0.3) is 0 Å². The molecule has 0 aliphatic heterocycles. The highest BCUT2D eigenvalue weighted by molar-refractivity contribution is 9.10. The van der Waals surface area contributed by atoms with Crippen LogP contribution in [0.4, 0.5) is 0 Å². The Kier molecular flexibility index (Phi) is 3.91. The first kappa shape index (κ1) is 13.0. The van der Waals surface area contributed by atoms with Crippen LogP contribution in [0, 0.1) is 0 Å². The van der Waals surface area contributed by atoms with E-state index >= 15 is 0 Å². The maximum atomic E-state index is 11.8. The average molecular weight is 308 g/mol. The van der Waals surface area contributed by atoms with E-state index < -0.39 is 0 Å². The molecule has 4 nitrogen and oxygen atoms in total. The Balaban J connectivity index is 2.38. The molecular weight excluding hydrogens is 294 g/mol. The van der Waals surface area contributed by atoms with E-state index in [4.69, 9.17) is 0 Å². The van der Waals surface area contributed by atoms with Crippen molar-refractivity contribution >= 4 is 15.9 Å². The number of hydrogen-bond donors (Lipinski definition) is 1. The summed E-state index contributed by atoms with van der Waals surface area (Å²) in [6.07, 6.45) is 2.26. The van der Waals surface area contributed by atoms with Crippen molar-refractivity contribution in [3.63, 3.8) is 0 Å². The van der Waals surface area contributed by atoms with Gasteiger partial charge in [0.15, 0.2) is 0 Å². The molecule has 0 saturated heterocycles. The van der Waals surface area contributed by atoms with E-state index in [1.165, 1.54) is 0 Å². The maximum absolute atomic E-state index is 11.8. The van der Waals surface area contributed by atoms with Gasteiger partial charge in [0, 0.05) is 18.3 Å². The van der Waals surface area contributed by atoms with Gasteiger partial charge in [0.25, 0.3) is 5.56 Å². The summed E-state index contributed by atoms with van der Waals surface area (Å²) in [7, 11) is 0. The van der Waals surface area contributed by atoms with Crippen molar-refractivity contribution in [2.45, 2.75) is 26.2 Å². The molecule has 0 amide bonds. The Morgan fingerprint density at radius 1 is 1.39 bits per heavy atom. The quantitative estimate of drug-likeness (QED) is 0.948. The van der Waals surface area contributed by atoms with Crippen LogP contribution in [0.1, 0.15) is 37.0 Å². The lowest BCUT2D eigenvalue weighted by atomic mass is 10.1. The molecule has 1 N–H and O–H groups in total. The number of nitrogens with one attached hydrogen (secondary N) is 1. The van der Waals surface area contributed by atoms with E-state index in [2.05, 4.69) is 30.9 Å². The zero-order valence-electron chi connectivity index (χ0n) is 10.3. The summed E-state index contributed by atoms with van der Waals surface area (Å²) in [5, 5.41) is 0. The highest BCUT2D eigenvalue weighted by atomic mass is 79.9. The highest BCUT2D eigenvalue weighted by Crippen LogP contribution is 2.19. The fraction of sp³-hybridized carbons (Fsp3) is 0.308. The van der Waals surface area contributed by atoms with Gasteiger partial charge in [-0.05, 0) is 34.0 Å². The SMILES string of the molecule is CC(C)c1nc(Cc2ccccn2)[nH]c(=O)c1Br. The second-order valence-electron chi connectivity index (χ2n) is 4.36. The van der Waals surface area contributed by atoms with Crippen LogP contribution in [0.2, 0.25) is 0 Å². The van der Waals surface area contributed by atoms with Gasteiger partial charge in [0.05, 0.1) is 5.69 Å². The molecule has 5 heteroatoms. The first-order valence-corrected chi connectivity index (χ1v) is 6.55. The minimum absolute atomic E-state index is 0.139. The number of rotatable bonds is 3. The van der Waals surface area contributed by atoms with Gasteiger partial charge >= 0.3 is 0 Å². The molecule has 0 spiro atoms. The zero-order valence-corrected chi connectivity index (χ0v) is 11.9. The summed E-state index contributed by atoms with van der Waals surface area (Å²) in [5.41, 5.74) is 1.53. The Bertz CT molecular complexity index is 593. The van der Waals surface area contributed by atoms with Crippen LogP contribution in [0.3, 0.4) is 0 Å². The maximum Gasteiger partial charge on any atom is 0.265 e. The van der Waals surface area contributed by atoms with Crippen molar-refractivity contribution in [3.8, 4) is 0 Å². The molecule has 2 rings (SSSR count). The normalized spacial score (nSPS) is 10.9. The Labute approximate surface area is 114 Å². The lowest BCUT2D eigenvalue weighted by molar-refractivity contribution is 0.772. The third kappa shape index (κ3) is 2.85. The molecule has 0 radical (unpaired) electrons. The molecule has 0 fully saturated rings. The molecule has 18 heavy (non-hydrogen) atoms. The van der Waals surface area contributed by atoms with E-state index in [1.807, 2.05) is 32.0 Å². The summed E-state index contributed by atoms with van der Waals surface area (Å²) in [4.78, 5) is 23.3. The third-order valence-corrected chi connectivity index (χ3v) is 3.33. The molecule has 0 aliphatic carbocycles. The molecule has 0 atom stereocenters. The van der Waals surface area contributed by atoms with Crippen molar-refractivity contribution in [1.82, 2.24) is 15.0 Å². The van der Waals surface area contributed by atoms with E-state index in [0.29, 0.717) is 16.7 Å². The number of halogens is 1. The van der Waals surface area contributed by atoms with Gasteiger partial charge in [-0.15, -0.1) is 0 Å². The average Bonchev–Trinajstić information content (AvgIpc) is 2.34. The van der Waals surface area contributed by atoms with Crippen molar-refractivity contribution < 1.29 is 0 Å². The summed E-state index contributed by atoms with van der Waals surface area (Å²) in [6.45, 7) is 4.02. The number of aromatic nitrogens is 3. The van der Waals surface area contributed by atoms with E-state index in [9.17, 15) is 4.79 Å². The van der Waals surface area contributed by atoms with E-state index in [-0.39, 0.29) is 11.5 Å². The smallest absolute Gasteiger partial charge is 0.265 e. The fourth-order valence-electron chi connectivity index (χ4n) is 1.67. The molecule has 2 aromatic heterocycles. The van der Waals surface area contributed by atoms with Crippen molar-refractivity contribution in [3.05, 3.63) is 56.4 Å². The number of hydrogen-bond acceptors (Lipinski definition) is 3. The topological polar surface area (TPSA) is 58.6 Å². The molecule has 0 bridgehead atoms. The molecule has 0 aromatic carbocycles. The fourth-order valence-corrected chi connectivity index (χ4v) is 2.31. The lowest BCUT2D eigenvalue weighted by Crippen LogP contribution is -2.16. The van der Waals surface area contributed by atoms with Gasteiger partial charge in [-0.1, -0.05) is 19.9 Å². The van der Waals surface area contributed by atoms with E-state index in [0.717, 1.165) is 11.4 Å². The number of aromatic amines is 1. The van der Waals surface area contributed by atoms with Crippen molar-refractivity contribution in [2.24, 2.45) is 0 Å². The first-order chi connectivity index (χ1) is 8.58. The molecule has 2 heterocycles. The van der Waals surface area contributed by atoms with Gasteiger partial charge in [-0.2, -0.15) is 0 Å². The number of nitrogens with zero attached hydrogens (tertiary/aromatic N) is 2. The molecule has 2 aromatic rings. The molecular formula is C13H14BrN3O. The van der Waals surface area contributed by atoms with E-state index in [1.54, 1.807) is 6.20 Å². The van der Waals surface area contributed by atoms with Gasteiger partial charge < -0.3 is 4.98 Å².